The summed E-state index contributed by atoms with van der Waals surface area (Å²) in [5.74, 6) is -5.73. The van der Waals surface area contributed by atoms with Gasteiger partial charge in [-0.05, 0) is 80.5 Å². The highest BCUT2D eigenvalue weighted by Crippen LogP contribution is 2.44. The summed E-state index contributed by atoms with van der Waals surface area (Å²) >= 11 is 0. The van der Waals surface area contributed by atoms with E-state index in [1.807, 2.05) is 0 Å². The molecule has 3 fully saturated rings. The summed E-state index contributed by atoms with van der Waals surface area (Å²) in [6.45, 7) is 0.206. The van der Waals surface area contributed by atoms with Crippen molar-refractivity contribution in [2.24, 2.45) is 23.7 Å². The van der Waals surface area contributed by atoms with Gasteiger partial charge >= 0.3 is 17.8 Å². The second-order valence-corrected chi connectivity index (χ2v) is 11.1. The minimum atomic E-state index is -4.05. The molecular weight excluding hydrogens is 458 g/mol. The third-order valence-corrected chi connectivity index (χ3v) is 8.61. The van der Waals surface area contributed by atoms with E-state index in [1.54, 1.807) is 0 Å². The molecule has 1 aromatic rings. The van der Waals surface area contributed by atoms with Crippen molar-refractivity contribution in [3.63, 3.8) is 0 Å². The first kappa shape index (κ1) is 26.3. The Hall–Kier alpha value is -1.79. The number of hydrogen-bond acceptors (Lipinski definition) is 3. The lowest BCUT2D eigenvalue weighted by Gasteiger charge is -2.37. The molecule has 3 aliphatic rings. The maximum absolute atomic E-state index is 13.5. The number of anilines is 1. The summed E-state index contributed by atoms with van der Waals surface area (Å²) in [6, 6.07) is 5.89. The maximum atomic E-state index is 13.5. The monoisotopic (exact) mass is 497 g/mol. The van der Waals surface area contributed by atoms with Crippen LogP contribution in [-0.2, 0) is 4.79 Å². The molecule has 2 saturated carbocycles. The van der Waals surface area contributed by atoms with Gasteiger partial charge in [0.2, 0.25) is 0 Å². The fourth-order valence-electron chi connectivity index (χ4n) is 6.33. The molecule has 35 heavy (non-hydrogen) atoms. The van der Waals surface area contributed by atoms with E-state index < -0.39 is 24.9 Å². The largest absolute Gasteiger partial charge is 0.426 e. The van der Waals surface area contributed by atoms with Crippen LogP contribution in [0.2, 0.25) is 0 Å². The number of benzene rings is 1. The van der Waals surface area contributed by atoms with Crippen LogP contribution in [-0.4, -0.2) is 30.9 Å². The van der Waals surface area contributed by atoms with E-state index in [4.69, 9.17) is 4.74 Å². The molecule has 0 N–H and O–H groups in total. The lowest BCUT2D eigenvalue weighted by atomic mass is 9.68. The number of carbonyl (C=O) groups excluding carboxylic acids is 1. The minimum absolute atomic E-state index is 0.118. The lowest BCUT2D eigenvalue weighted by Crippen LogP contribution is -2.38. The average molecular weight is 498 g/mol. The van der Waals surface area contributed by atoms with E-state index in [-0.39, 0.29) is 17.6 Å². The Bertz CT molecular complexity index is 812. The molecule has 0 spiro atoms. The van der Waals surface area contributed by atoms with Crippen LogP contribution in [0.15, 0.2) is 24.3 Å². The normalized spacial score (nSPS) is 30.3. The van der Waals surface area contributed by atoms with Gasteiger partial charge in [-0.25, -0.2) is 0 Å². The first-order valence-electron chi connectivity index (χ1n) is 13.5. The van der Waals surface area contributed by atoms with Crippen LogP contribution in [0.5, 0.6) is 5.75 Å². The summed E-state index contributed by atoms with van der Waals surface area (Å²) in [5, 5.41) is 0. The summed E-state index contributed by atoms with van der Waals surface area (Å²) in [5.41, 5.74) is 0.266. The number of unbranched alkanes of at least 4 members (excludes halogenated alkanes) is 2. The predicted molar refractivity (Wildman–Crippen MR) is 129 cm³/mol. The van der Waals surface area contributed by atoms with Crippen molar-refractivity contribution in [1.82, 2.24) is 0 Å². The smallest absolute Gasteiger partial charge is 0.329 e. The summed E-state index contributed by atoms with van der Waals surface area (Å²) in [6.07, 6.45) is 14.6. The number of ether oxygens (including phenoxy) is 1. The molecule has 1 saturated heterocycles. The van der Waals surface area contributed by atoms with E-state index in [0.29, 0.717) is 11.7 Å². The molecule has 3 nitrogen and oxygen atoms in total. The van der Waals surface area contributed by atoms with Gasteiger partial charge in [-0.1, -0.05) is 45.4 Å². The molecule has 7 heteroatoms. The Morgan fingerprint density at radius 1 is 0.857 bits per heavy atom. The number of rotatable bonds is 8. The molecule has 0 bridgehead atoms. The van der Waals surface area contributed by atoms with Gasteiger partial charge in [-0.2, -0.15) is 17.6 Å². The van der Waals surface area contributed by atoms with Crippen LogP contribution in [0.3, 0.4) is 0 Å². The van der Waals surface area contributed by atoms with Crippen molar-refractivity contribution in [2.75, 3.05) is 18.0 Å². The van der Waals surface area contributed by atoms with Crippen molar-refractivity contribution in [3.8, 4) is 5.75 Å². The minimum Gasteiger partial charge on any atom is -0.426 e. The number of hydrogen-bond donors (Lipinski definition) is 0. The second-order valence-electron chi connectivity index (χ2n) is 11.1. The number of nitrogens with zero attached hydrogens (tertiary/aromatic N) is 1. The molecule has 0 amide bonds. The highest BCUT2D eigenvalue weighted by Gasteiger charge is 2.62. The molecule has 2 aliphatic carbocycles. The van der Waals surface area contributed by atoms with Gasteiger partial charge in [0.15, 0.2) is 0 Å². The quantitative estimate of drug-likeness (QED) is 0.158. The van der Waals surface area contributed by atoms with E-state index in [1.165, 1.54) is 75.6 Å². The zero-order valence-electron chi connectivity index (χ0n) is 20.8. The zero-order valence-corrected chi connectivity index (χ0v) is 20.8. The van der Waals surface area contributed by atoms with E-state index in [9.17, 15) is 22.4 Å². The Morgan fingerprint density at radius 3 is 1.94 bits per heavy atom. The van der Waals surface area contributed by atoms with Crippen molar-refractivity contribution < 1.29 is 27.1 Å². The third-order valence-electron chi connectivity index (χ3n) is 8.61. The lowest BCUT2D eigenvalue weighted by molar-refractivity contribution is -0.172. The van der Waals surface area contributed by atoms with Crippen molar-refractivity contribution in [1.29, 1.82) is 0 Å². The first-order valence-corrected chi connectivity index (χ1v) is 13.5. The van der Waals surface area contributed by atoms with Crippen molar-refractivity contribution >= 4 is 11.7 Å². The SMILES string of the molecule is CCCCCC1CCC(C2CCC(C(=O)Oc3ccc(N4CC(F)(F)C(F)(F)C4)cc3)CC2)CC1. The average Bonchev–Trinajstić information content (AvgIpc) is 3.07. The number of esters is 1. The Morgan fingerprint density at radius 2 is 1.40 bits per heavy atom. The van der Waals surface area contributed by atoms with Crippen molar-refractivity contribution in [2.45, 2.75) is 95.8 Å². The Labute approximate surface area is 206 Å². The van der Waals surface area contributed by atoms with Gasteiger partial charge in [0.05, 0.1) is 19.0 Å². The van der Waals surface area contributed by atoms with Crippen LogP contribution < -0.4 is 9.64 Å². The fourth-order valence-corrected chi connectivity index (χ4v) is 6.33. The first-order chi connectivity index (χ1) is 16.7. The number of halogens is 4. The van der Waals surface area contributed by atoms with Crippen LogP contribution in [0.4, 0.5) is 23.2 Å². The van der Waals surface area contributed by atoms with Gasteiger partial charge < -0.3 is 9.64 Å². The topological polar surface area (TPSA) is 29.5 Å². The summed E-state index contributed by atoms with van der Waals surface area (Å²) in [7, 11) is 0. The van der Waals surface area contributed by atoms with Crippen LogP contribution >= 0.6 is 0 Å². The Balaban J connectivity index is 1.20. The highest BCUT2D eigenvalue weighted by atomic mass is 19.3. The highest BCUT2D eigenvalue weighted by molar-refractivity contribution is 5.75. The van der Waals surface area contributed by atoms with Crippen LogP contribution in [0.25, 0.3) is 0 Å². The van der Waals surface area contributed by atoms with Gasteiger partial charge in [-0.3, -0.25) is 4.79 Å². The molecule has 4 rings (SSSR count). The summed E-state index contributed by atoms with van der Waals surface area (Å²) in [4.78, 5) is 13.7. The molecule has 1 aromatic carbocycles. The summed E-state index contributed by atoms with van der Waals surface area (Å²) < 4.78 is 59.4. The molecule has 0 aromatic heterocycles. The number of alkyl halides is 4. The van der Waals surface area contributed by atoms with Gasteiger partial charge in [0.1, 0.15) is 5.75 Å². The van der Waals surface area contributed by atoms with Crippen LogP contribution in [0.1, 0.15) is 84.0 Å². The molecule has 0 radical (unpaired) electrons. The number of carbonyl (C=O) groups is 1. The van der Waals surface area contributed by atoms with Gasteiger partial charge in [0.25, 0.3) is 0 Å². The Kier molecular flexibility index (Phi) is 8.32. The van der Waals surface area contributed by atoms with Crippen LogP contribution in [0, 0.1) is 23.7 Å². The zero-order chi connectivity index (χ0) is 25.1. The molecular formula is C28H39F4NO2. The maximum Gasteiger partial charge on any atom is 0.329 e. The molecule has 1 heterocycles. The van der Waals surface area contributed by atoms with E-state index >= 15 is 0 Å². The third kappa shape index (κ3) is 6.32. The standard InChI is InChI=1S/C28H39F4NO2/c1-2-3-4-5-20-6-8-21(9-7-20)22-10-12-23(13-11-22)26(34)35-25-16-14-24(15-17-25)33-18-27(29,30)28(31,32)19-33/h14-17,20-23H,2-13,18-19H2,1H3. The molecule has 0 unspecified atom stereocenters. The van der Waals surface area contributed by atoms with Gasteiger partial charge in [0, 0.05) is 5.69 Å². The second kappa shape index (κ2) is 11.1. The van der Waals surface area contributed by atoms with Gasteiger partial charge in [-0.15, -0.1) is 0 Å². The predicted octanol–water partition coefficient (Wildman–Crippen LogP) is 7.88. The van der Waals surface area contributed by atoms with E-state index in [2.05, 4.69) is 6.92 Å². The molecule has 0 atom stereocenters. The molecule has 196 valence electrons. The van der Waals surface area contributed by atoms with Crippen molar-refractivity contribution in [3.05, 3.63) is 24.3 Å². The van der Waals surface area contributed by atoms with E-state index in [0.717, 1.165) is 42.4 Å². The molecule has 1 aliphatic heterocycles. The fraction of sp³-hybridized carbons (Fsp3) is 0.750.